The Morgan fingerprint density at radius 1 is 1.29 bits per heavy atom. The summed E-state index contributed by atoms with van der Waals surface area (Å²) in [4.78, 5) is 4.03. The molecular formula is C11H8N2O. The fourth-order valence-electron chi connectivity index (χ4n) is 1.22. The molecule has 0 bridgehead atoms. The second-order valence-electron chi connectivity index (χ2n) is 2.87. The lowest BCUT2D eigenvalue weighted by atomic mass is 10.1. The minimum atomic E-state index is 0.436. The van der Waals surface area contributed by atoms with E-state index in [-0.39, 0.29) is 0 Å². The molecule has 3 heteroatoms. The second-order valence-corrected chi connectivity index (χ2v) is 2.87. The Bertz CT molecular complexity index is 437. The molecule has 0 spiro atoms. The van der Waals surface area contributed by atoms with Crippen LogP contribution < -0.4 is 0 Å². The minimum absolute atomic E-state index is 0.436. The van der Waals surface area contributed by atoms with E-state index in [1.807, 2.05) is 24.3 Å². The van der Waals surface area contributed by atoms with Gasteiger partial charge in [0, 0.05) is 5.56 Å². The van der Waals surface area contributed by atoms with Gasteiger partial charge < -0.3 is 4.42 Å². The van der Waals surface area contributed by atoms with Crippen molar-refractivity contribution in [2.24, 2.45) is 0 Å². The maximum absolute atomic E-state index is 8.49. The first-order valence-electron chi connectivity index (χ1n) is 4.26. The molecule has 2 rings (SSSR count). The van der Waals surface area contributed by atoms with Crippen molar-refractivity contribution < 1.29 is 4.42 Å². The van der Waals surface area contributed by atoms with Crippen LogP contribution in [0.2, 0.25) is 0 Å². The molecular weight excluding hydrogens is 176 g/mol. The molecule has 0 aliphatic heterocycles. The van der Waals surface area contributed by atoms with Crippen LogP contribution in [-0.4, -0.2) is 4.98 Å². The van der Waals surface area contributed by atoms with E-state index in [1.165, 1.54) is 0 Å². The average molecular weight is 184 g/mol. The van der Waals surface area contributed by atoms with E-state index < -0.39 is 0 Å². The van der Waals surface area contributed by atoms with E-state index in [0.717, 1.165) is 11.1 Å². The van der Waals surface area contributed by atoms with Gasteiger partial charge in [-0.05, 0) is 17.7 Å². The van der Waals surface area contributed by atoms with Crippen LogP contribution in [0.15, 0.2) is 41.1 Å². The molecule has 0 N–H and O–H groups in total. The lowest BCUT2D eigenvalue weighted by molar-refractivity contribution is 0.574. The first-order chi connectivity index (χ1) is 6.90. The van der Waals surface area contributed by atoms with Gasteiger partial charge in [0.15, 0.2) is 0 Å². The van der Waals surface area contributed by atoms with Gasteiger partial charge >= 0.3 is 0 Å². The number of nitriles is 1. The predicted molar refractivity (Wildman–Crippen MR) is 51.3 cm³/mol. The largest absolute Gasteiger partial charge is 0.445 e. The second kappa shape index (κ2) is 3.75. The van der Waals surface area contributed by atoms with Crippen LogP contribution in [0.4, 0.5) is 0 Å². The van der Waals surface area contributed by atoms with Gasteiger partial charge in [-0.1, -0.05) is 12.1 Å². The highest BCUT2D eigenvalue weighted by molar-refractivity contribution is 5.53. The Kier molecular flexibility index (Phi) is 2.28. The average Bonchev–Trinajstić information content (AvgIpc) is 2.72. The molecule has 1 heterocycles. The molecule has 3 nitrogen and oxygen atoms in total. The fraction of sp³-hybridized carbons (Fsp3) is 0.0909. The zero-order chi connectivity index (χ0) is 9.80. The number of hydrogen-bond donors (Lipinski definition) is 0. The summed E-state index contributed by atoms with van der Waals surface area (Å²) in [5, 5.41) is 8.49. The number of hydrogen-bond acceptors (Lipinski definition) is 3. The molecule has 0 saturated carbocycles. The van der Waals surface area contributed by atoms with Crippen molar-refractivity contribution in [3.63, 3.8) is 0 Å². The van der Waals surface area contributed by atoms with E-state index in [1.54, 1.807) is 12.5 Å². The van der Waals surface area contributed by atoms with Gasteiger partial charge in [-0.2, -0.15) is 5.26 Å². The fourth-order valence-corrected chi connectivity index (χ4v) is 1.22. The van der Waals surface area contributed by atoms with Crippen LogP contribution >= 0.6 is 0 Å². The lowest BCUT2D eigenvalue weighted by Crippen LogP contribution is -1.82. The van der Waals surface area contributed by atoms with Gasteiger partial charge in [0.1, 0.15) is 6.26 Å². The molecule has 0 radical (unpaired) electrons. The minimum Gasteiger partial charge on any atom is -0.445 e. The van der Waals surface area contributed by atoms with Crippen molar-refractivity contribution in [2.45, 2.75) is 6.42 Å². The molecule has 0 unspecified atom stereocenters. The molecule has 0 aliphatic carbocycles. The predicted octanol–water partition coefficient (Wildman–Crippen LogP) is 2.41. The molecule has 0 saturated heterocycles. The molecule has 1 aromatic carbocycles. The molecule has 68 valence electrons. The summed E-state index contributed by atoms with van der Waals surface area (Å²) < 4.78 is 5.14. The SMILES string of the molecule is N#CCc1ccc(-c2ncco2)cc1. The smallest absolute Gasteiger partial charge is 0.225 e. The number of aromatic nitrogens is 1. The van der Waals surface area contributed by atoms with Crippen molar-refractivity contribution >= 4 is 0 Å². The van der Waals surface area contributed by atoms with Crippen molar-refractivity contribution in [3.8, 4) is 17.5 Å². The van der Waals surface area contributed by atoms with Gasteiger partial charge in [-0.25, -0.2) is 4.98 Å². The van der Waals surface area contributed by atoms with Gasteiger partial charge in [-0.15, -0.1) is 0 Å². The maximum atomic E-state index is 8.49. The first kappa shape index (κ1) is 8.52. The third-order valence-electron chi connectivity index (χ3n) is 1.92. The van der Waals surface area contributed by atoms with Gasteiger partial charge in [0.2, 0.25) is 5.89 Å². The standard InChI is InChI=1S/C11H8N2O/c12-6-5-9-1-3-10(4-2-9)11-13-7-8-14-11/h1-4,7-8H,5H2. The first-order valence-corrected chi connectivity index (χ1v) is 4.26. The van der Waals surface area contributed by atoms with E-state index in [9.17, 15) is 0 Å². The van der Waals surface area contributed by atoms with Gasteiger partial charge in [0.05, 0.1) is 18.7 Å². The van der Waals surface area contributed by atoms with Crippen LogP contribution in [0, 0.1) is 11.3 Å². The highest BCUT2D eigenvalue weighted by Gasteiger charge is 2.01. The summed E-state index contributed by atoms with van der Waals surface area (Å²) in [6.45, 7) is 0. The van der Waals surface area contributed by atoms with Crippen LogP contribution in [0.5, 0.6) is 0 Å². The highest BCUT2D eigenvalue weighted by Crippen LogP contribution is 2.17. The van der Waals surface area contributed by atoms with Gasteiger partial charge in [-0.3, -0.25) is 0 Å². The van der Waals surface area contributed by atoms with Crippen LogP contribution in [0.25, 0.3) is 11.5 Å². The third kappa shape index (κ3) is 1.64. The Labute approximate surface area is 81.6 Å². The number of oxazole rings is 1. The maximum Gasteiger partial charge on any atom is 0.225 e. The summed E-state index contributed by atoms with van der Waals surface area (Å²) in [5.74, 6) is 0.605. The summed E-state index contributed by atoms with van der Waals surface area (Å²) in [5.41, 5.74) is 1.93. The normalized spacial score (nSPS) is 9.64. The Balaban J connectivity index is 2.27. The Morgan fingerprint density at radius 3 is 2.64 bits per heavy atom. The monoisotopic (exact) mass is 184 g/mol. The Hall–Kier alpha value is -2.08. The number of nitrogens with zero attached hydrogens (tertiary/aromatic N) is 2. The summed E-state index contributed by atoms with van der Waals surface area (Å²) in [6.07, 6.45) is 3.59. The zero-order valence-corrected chi connectivity index (χ0v) is 7.47. The van der Waals surface area contributed by atoms with E-state index >= 15 is 0 Å². The van der Waals surface area contributed by atoms with Crippen LogP contribution in [-0.2, 0) is 6.42 Å². The topological polar surface area (TPSA) is 49.8 Å². The number of rotatable bonds is 2. The Morgan fingerprint density at radius 2 is 2.07 bits per heavy atom. The van der Waals surface area contributed by atoms with Crippen molar-refractivity contribution in [2.75, 3.05) is 0 Å². The number of benzene rings is 1. The van der Waals surface area contributed by atoms with Crippen molar-refractivity contribution in [1.29, 1.82) is 5.26 Å². The van der Waals surface area contributed by atoms with E-state index in [0.29, 0.717) is 12.3 Å². The molecule has 14 heavy (non-hydrogen) atoms. The van der Waals surface area contributed by atoms with Gasteiger partial charge in [0.25, 0.3) is 0 Å². The molecule has 0 aliphatic rings. The summed E-state index contributed by atoms with van der Waals surface area (Å²) >= 11 is 0. The molecule has 1 aromatic heterocycles. The zero-order valence-electron chi connectivity index (χ0n) is 7.47. The molecule has 2 aromatic rings. The summed E-state index contributed by atoms with van der Waals surface area (Å²) in [7, 11) is 0. The molecule has 0 atom stereocenters. The van der Waals surface area contributed by atoms with Crippen LogP contribution in [0.1, 0.15) is 5.56 Å². The summed E-state index contributed by atoms with van der Waals surface area (Å²) in [6, 6.07) is 9.71. The molecule has 0 fully saturated rings. The lowest BCUT2D eigenvalue weighted by Gasteiger charge is -1.96. The highest BCUT2D eigenvalue weighted by atomic mass is 16.3. The molecule has 0 amide bonds. The van der Waals surface area contributed by atoms with Crippen molar-refractivity contribution in [1.82, 2.24) is 4.98 Å². The van der Waals surface area contributed by atoms with E-state index in [2.05, 4.69) is 11.1 Å². The quantitative estimate of drug-likeness (QED) is 0.720. The third-order valence-corrected chi connectivity index (χ3v) is 1.92. The van der Waals surface area contributed by atoms with E-state index in [4.69, 9.17) is 9.68 Å². The van der Waals surface area contributed by atoms with Crippen LogP contribution in [0.3, 0.4) is 0 Å². The van der Waals surface area contributed by atoms with Crippen molar-refractivity contribution in [3.05, 3.63) is 42.3 Å².